The highest BCUT2D eigenvalue weighted by atomic mass is 16.2. The summed E-state index contributed by atoms with van der Waals surface area (Å²) in [4.78, 5) is 53.9. The van der Waals surface area contributed by atoms with Gasteiger partial charge in [-0.05, 0) is 36.8 Å². The van der Waals surface area contributed by atoms with Crippen molar-refractivity contribution in [2.45, 2.75) is 45.1 Å². The number of hydrogen-bond donors (Lipinski definition) is 0. The van der Waals surface area contributed by atoms with Gasteiger partial charge in [-0.2, -0.15) is 0 Å². The van der Waals surface area contributed by atoms with Crippen LogP contribution in [0.1, 0.15) is 38.2 Å². The molecule has 1 aromatic carbocycles. The number of hydrogen-bond acceptors (Lipinski definition) is 4. The highest BCUT2D eigenvalue weighted by Gasteiger charge is 2.50. The number of carbonyl (C=O) groups excluding carboxylic acids is 4. The molecule has 0 radical (unpaired) electrons. The van der Waals surface area contributed by atoms with E-state index in [1.54, 1.807) is 4.90 Å². The van der Waals surface area contributed by atoms with Crippen LogP contribution in [0.5, 0.6) is 0 Å². The molecule has 0 unspecified atom stereocenters. The lowest BCUT2D eigenvalue weighted by Gasteiger charge is -2.34. The fourth-order valence-electron chi connectivity index (χ4n) is 4.45. The molecule has 0 aromatic heterocycles. The Hall–Kier alpha value is -2.70. The van der Waals surface area contributed by atoms with Gasteiger partial charge in [0, 0.05) is 18.3 Å². The third-order valence-corrected chi connectivity index (χ3v) is 5.96. The van der Waals surface area contributed by atoms with Crippen LogP contribution in [0.2, 0.25) is 0 Å². The molecule has 1 saturated carbocycles. The molecule has 0 bridgehead atoms. The first-order valence-corrected chi connectivity index (χ1v) is 9.56. The first-order valence-electron chi connectivity index (χ1n) is 9.56. The van der Waals surface area contributed by atoms with Gasteiger partial charge >= 0.3 is 17.8 Å². The van der Waals surface area contributed by atoms with Crippen molar-refractivity contribution in [3.05, 3.63) is 29.8 Å². The maximum atomic E-state index is 12.8. The monoisotopic (exact) mass is 369 g/mol. The molecule has 142 valence electrons. The Kier molecular flexibility index (Phi) is 4.45. The Bertz CT molecular complexity index is 821. The smallest absolute Gasteiger partial charge is 0.310 e. The van der Waals surface area contributed by atoms with Crippen molar-refractivity contribution in [2.24, 2.45) is 5.92 Å². The summed E-state index contributed by atoms with van der Waals surface area (Å²) < 4.78 is 0. The molecule has 2 heterocycles. The third-order valence-electron chi connectivity index (χ3n) is 5.96. The van der Waals surface area contributed by atoms with Gasteiger partial charge in [-0.25, -0.2) is 9.69 Å². The van der Waals surface area contributed by atoms with E-state index in [0.717, 1.165) is 46.7 Å². The van der Waals surface area contributed by atoms with Gasteiger partial charge in [0.1, 0.15) is 6.54 Å². The van der Waals surface area contributed by atoms with Crippen LogP contribution in [-0.4, -0.2) is 52.7 Å². The number of benzene rings is 1. The predicted molar refractivity (Wildman–Crippen MR) is 97.9 cm³/mol. The second kappa shape index (κ2) is 6.79. The molecule has 2 fully saturated rings. The molecule has 0 spiro atoms. The van der Waals surface area contributed by atoms with Crippen molar-refractivity contribution in [2.75, 3.05) is 18.0 Å². The van der Waals surface area contributed by atoms with E-state index in [2.05, 4.69) is 0 Å². The molecule has 4 rings (SSSR count). The molecule has 0 N–H and O–H groups in total. The minimum Gasteiger partial charge on any atom is -0.310 e. The molecule has 7 heteroatoms. The largest absolute Gasteiger partial charge is 0.334 e. The van der Waals surface area contributed by atoms with Crippen LogP contribution in [0.4, 0.5) is 10.5 Å². The maximum absolute atomic E-state index is 12.8. The van der Waals surface area contributed by atoms with E-state index >= 15 is 0 Å². The molecular formula is C20H23N3O4. The number of nitrogens with zero attached hydrogens (tertiary/aromatic N) is 3. The van der Waals surface area contributed by atoms with Crippen molar-refractivity contribution in [1.82, 2.24) is 9.80 Å². The van der Waals surface area contributed by atoms with E-state index in [0.29, 0.717) is 13.0 Å². The zero-order valence-electron chi connectivity index (χ0n) is 15.4. The zero-order valence-corrected chi connectivity index (χ0v) is 15.4. The Morgan fingerprint density at radius 1 is 1.07 bits per heavy atom. The standard InChI is InChI=1S/C20H23N3O4/c1-13-6-2-4-8-15(13)23-19(26)18(25)22(20(23)27)12-17(24)21-11-10-14-7-3-5-9-16(14)21/h3,5,7,9,13,15H,2,4,6,8,10-12H2,1H3/t13-,15-/m1/s1. The Labute approximate surface area is 157 Å². The van der Waals surface area contributed by atoms with Crippen LogP contribution in [0.3, 0.4) is 0 Å². The Balaban J connectivity index is 1.51. The Morgan fingerprint density at radius 3 is 2.59 bits per heavy atom. The summed E-state index contributed by atoms with van der Waals surface area (Å²) in [6, 6.07) is 6.69. The van der Waals surface area contributed by atoms with E-state index in [1.165, 1.54) is 0 Å². The second-order valence-electron chi connectivity index (χ2n) is 7.60. The number of amides is 5. The number of para-hydroxylation sites is 1. The summed E-state index contributed by atoms with van der Waals surface area (Å²) >= 11 is 0. The first kappa shape index (κ1) is 17.7. The third kappa shape index (κ3) is 2.91. The first-order chi connectivity index (χ1) is 13.0. The molecule has 5 amide bonds. The lowest BCUT2D eigenvalue weighted by Crippen LogP contribution is -2.47. The van der Waals surface area contributed by atoms with Crippen molar-refractivity contribution in [3.63, 3.8) is 0 Å². The number of carbonyl (C=O) groups is 4. The topological polar surface area (TPSA) is 78.0 Å². The molecule has 2 aliphatic heterocycles. The molecule has 1 saturated heterocycles. The van der Waals surface area contributed by atoms with Crippen molar-refractivity contribution in [1.29, 1.82) is 0 Å². The van der Waals surface area contributed by atoms with Gasteiger partial charge in [0.25, 0.3) is 0 Å². The van der Waals surface area contributed by atoms with E-state index in [-0.39, 0.29) is 17.9 Å². The highest BCUT2D eigenvalue weighted by Crippen LogP contribution is 2.32. The van der Waals surface area contributed by atoms with Crippen LogP contribution in [-0.2, 0) is 20.8 Å². The lowest BCUT2D eigenvalue weighted by molar-refractivity contribution is -0.145. The van der Waals surface area contributed by atoms with Crippen LogP contribution < -0.4 is 4.90 Å². The number of fused-ring (bicyclic) bond motifs is 1. The number of rotatable bonds is 3. The lowest BCUT2D eigenvalue weighted by atomic mass is 9.85. The van der Waals surface area contributed by atoms with E-state index in [9.17, 15) is 19.2 Å². The fraction of sp³-hybridized carbons (Fsp3) is 0.500. The summed E-state index contributed by atoms with van der Waals surface area (Å²) in [7, 11) is 0. The van der Waals surface area contributed by atoms with Gasteiger partial charge in [-0.15, -0.1) is 0 Å². The molecule has 3 aliphatic rings. The maximum Gasteiger partial charge on any atom is 0.334 e. The summed E-state index contributed by atoms with van der Waals surface area (Å²) in [5, 5.41) is 0. The summed E-state index contributed by atoms with van der Waals surface area (Å²) in [6.07, 6.45) is 4.39. The number of anilines is 1. The average molecular weight is 369 g/mol. The zero-order chi connectivity index (χ0) is 19.1. The normalized spacial score (nSPS) is 25.4. The van der Waals surface area contributed by atoms with Gasteiger partial charge < -0.3 is 4.90 Å². The highest BCUT2D eigenvalue weighted by molar-refractivity contribution is 6.45. The van der Waals surface area contributed by atoms with Gasteiger partial charge in [-0.3, -0.25) is 19.3 Å². The van der Waals surface area contributed by atoms with Gasteiger partial charge in [-0.1, -0.05) is 38.0 Å². The average Bonchev–Trinajstić information content (AvgIpc) is 3.18. The second-order valence-corrected chi connectivity index (χ2v) is 7.60. The quantitative estimate of drug-likeness (QED) is 0.603. The van der Waals surface area contributed by atoms with Crippen LogP contribution in [0.15, 0.2) is 24.3 Å². The summed E-state index contributed by atoms with van der Waals surface area (Å²) in [5.74, 6) is -1.86. The van der Waals surface area contributed by atoms with E-state index in [4.69, 9.17) is 0 Å². The van der Waals surface area contributed by atoms with Crippen LogP contribution in [0.25, 0.3) is 0 Å². The van der Waals surface area contributed by atoms with E-state index in [1.807, 2.05) is 31.2 Å². The molecular weight excluding hydrogens is 346 g/mol. The molecule has 27 heavy (non-hydrogen) atoms. The van der Waals surface area contributed by atoms with Gasteiger partial charge in [0.15, 0.2) is 0 Å². The molecule has 1 aromatic rings. The van der Waals surface area contributed by atoms with Crippen LogP contribution in [0, 0.1) is 5.92 Å². The Morgan fingerprint density at radius 2 is 1.81 bits per heavy atom. The van der Waals surface area contributed by atoms with Crippen molar-refractivity contribution >= 4 is 29.4 Å². The summed E-state index contributed by atoms with van der Waals surface area (Å²) in [6.45, 7) is 2.13. The number of imide groups is 2. The minimum absolute atomic E-state index is 0.167. The fourth-order valence-corrected chi connectivity index (χ4v) is 4.45. The van der Waals surface area contributed by atoms with E-state index < -0.39 is 24.4 Å². The summed E-state index contributed by atoms with van der Waals surface area (Å²) in [5.41, 5.74) is 1.88. The van der Waals surface area contributed by atoms with Gasteiger partial charge in [0.2, 0.25) is 5.91 Å². The minimum atomic E-state index is -0.890. The predicted octanol–water partition coefficient (Wildman–Crippen LogP) is 1.95. The molecule has 2 atom stereocenters. The van der Waals surface area contributed by atoms with Crippen molar-refractivity contribution < 1.29 is 19.2 Å². The van der Waals surface area contributed by atoms with Gasteiger partial charge in [0.05, 0.1) is 0 Å². The molecule has 7 nitrogen and oxygen atoms in total. The SMILES string of the molecule is C[C@@H]1CCCC[C@H]1N1C(=O)C(=O)N(CC(=O)N2CCc3ccccc32)C1=O. The van der Waals surface area contributed by atoms with Crippen LogP contribution >= 0.6 is 0 Å². The molecule has 1 aliphatic carbocycles. The number of urea groups is 1. The van der Waals surface area contributed by atoms with Crippen molar-refractivity contribution in [3.8, 4) is 0 Å².